The Kier molecular flexibility index (Phi) is 4.21. The van der Waals surface area contributed by atoms with Gasteiger partial charge in [-0.15, -0.1) is 0 Å². The van der Waals surface area contributed by atoms with Crippen LogP contribution in [0.25, 0.3) is 10.9 Å². The highest BCUT2D eigenvalue weighted by Crippen LogP contribution is 2.42. The average Bonchev–Trinajstić information content (AvgIpc) is 3.15. The number of carbonyl (C=O) groups is 1. The van der Waals surface area contributed by atoms with Crippen molar-refractivity contribution in [2.45, 2.75) is 12.6 Å². The normalized spacial score (nSPS) is 12.7. The molecule has 1 aliphatic rings. The minimum atomic E-state index is -0.427. The molecule has 1 N–H and O–H groups in total. The number of nitrogens with one attached hydrogen (secondary N) is 1. The zero-order valence-corrected chi connectivity index (χ0v) is 15.8. The summed E-state index contributed by atoms with van der Waals surface area (Å²) in [5.41, 5.74) is 2.60. The molecule has 0 saturated heterocycles. The van der Waals surface area contributed by atoms with Gasteiger partial charge >= 0.3 is 0 Å². The van der Waals surface area contributed by atoms with Crippen LogP contribution in [0.2, 0.25) is 0 Å². The number of fused-ring (bicyclic) bond motifs is 3. The number of ether oxygens (including phenoxy) is 1. The number of para-hydroxylation sites is 2. The van der Waals surface area contributed by atoms with E-state index in [1.54, 1.807) is 22.9 Å². The lowest BCUT2D eigenvalue weighted by molar-refractivity contribution is -0.384. The summed E-state index contributed by atoms with van der Waals surface area (Å²) in [6.45, 7) is 0.100. The number of carbonyl (C=O) groups excluding carboxylic acids is 1. The van der Waals surface area contributed by atoms with E-state index in [1.807, 2.05) is 48.5 Å². The summed E-state index contributed by atoms with van der Waals surface area (Å²) >= 11 is 0. The first-order chi connectivity index (χ1) is 14.6. The fourth-order valence-corrected chi connectivity index (χ4v) is 3.87. The topological polar surface area (TPSA) is 86.4 Å². The number of aromatic nitrogens is 1. The summed E-state index contributed by atoms with van der Waals surface area (Å²) in [4.78, 5) is 23.5. The number of hydrogen-bond acceptors (Lipinski definition) is 4. The molecule has 0 atom stereocenters. The van der Waals surface area contributed by atoms with Gasteiger partial charge in [-0.25, -0.2) is 0 Å². The van der Waals surface area contributed by atoms with Gasteiger partial charge in [0, 0.05) is 40.4 Å². The van der Waals surface area contributed by atoms with Crippen LogP contribution < -0.4 is 10.1 Å². The standard InChI is InChI=1S/C23H17N3O4/c27-22(14-25-12-11-15-13-16(26(28)29)9-10-19(15)25)24-23-17-5-1-3-7-20(17)30-21-8-4-2-6-18(21)23/h1-13,23H,14H2,(H,24,27). The molecule has 148 valence electrons. The second-order valence-corrected chi connectivity index (χ2v) is 7.12. The molecule has 1 amide bonds. The average molecular weight is 399 g/mol. The largest absolute Gasteiger partial charge is 0.457 e. The van der Waals surface area contributed by atoms with E-state index < -0.39 is 4.92 Å². The van der Waals surface area contributed by atoms with Gasteiger partial charge in [-0.2, -0.15) is 0 Å². The summed E-state index contributed by atoms with van der Waals surface area (Å²) in [5.74, 6) is 1.28. The predicted octanol–water partition coefficient (Wildman–Crippen LogP) is 4.56. The Morgan fingerprint density at radius 2 is 1.67 bits per heavy atom. The van der Waals surface area contributed by atoms with Crippen LogP contribution in [0.3, 0.4) is 0 Å². The molecule has 0 aliphatic carbocycles. The summed E-state index contributed by atoms with van der Waals surface area (Å²) < 4.78 is 7.76. The second kappa shape index (κ2) is 7.04. The van der Waals surface area contributed by atoms with E-state index in [0.29, 0.717) is 0 Å². The van der Waals surface area contributed by atoms with Crippen LogP contribution in [0.15, 0.2) is 79.0 Å². The molecule has 0 unspecified atom stereocenters. The van der Waals surface area contributed by atoms with Crippen LogP contribution in [0.5, 0.6) is 11.5 Å². The van der Waals surface area contributed by atoms with Crippen molar-refractivity contribution in [2.75, 3.05) is 0 Å². The third-order valence-electron chi connectivity index (χ3n) is 5.26. The zero-order valence-electron chi connectivity index (χ0n) is 15.8. The van der Waals surface area contributed by atoms with Gasteiger partial charge in [0.1, 0.15) is 18.0 Å². The Bertz CT molecular complexity index is 1250. The van der Waals surface area contributed by atoms with Gasteiger partial charge in [0.25, 0.3) is 5.69 Å². The molecule has 30 heavy (non-hydrogen) atoms. The van der Waals surface area contributed by atoms with Gasteiger partial charge < -0.3 is 14.6 Å². The monoisotopic (exact) mass is 399 g/mol. The van der Waals surface area contributed by atoms with Gasteiger partial charge in [-0.3, -0.25) is 14.9 Å². The lowest BCUT2D eigenvalue weighted by atomic mass is 9.94. The SMILES string of the molecule is O=C(Cn1ccc2cc([N+](=O)[O-])ccc21)NC1c2ccccc2Oc2ccccc21. The number of nitro benzene ring substituents is 1. The number of amides is 1. The van der Waals surface area contributed by atoms with E-state index in [1.165, 1.54) is 12.1 Å². The first-order valence-electron chi connectivity index (χ1n) is 9.48. The Labute approximate surface area is 171 Å². The van der Waals surface area contributed by atoms with Gasteiger partial charge in [0.15, 0.2) is 0 Å². The molecule has 1 aromatic heterocycles. The van der Waals surface area contributed by atoms with Crippen molar-refractivity contribution >= 4 is 22.5 Å². The third kappa shape index (κ3) is 3.06. The molecule has 3 aromatic carbocycles. The maximum atomic E-state index is 12.9. The minimum absolute atomic E-state index is 0.0279. The Morgan fingerprint density at radius 1 is 1.00 bits per heavy atom. The molecule has 7 nitrogen and oxygen atoms in total. The molecule has 0 saturated carbocycles. The van der Waals surface area contributed by atoms with Crippen LogP contribution in [0.4, 0.5) is 5.69 Å². The van der Waals surface area contributed by atoms with Crippen molar-refractivity contribution < 1.29 is 14.5 Å². The molecular formula is C23H17N3O4. The van der Waals surface area contributed by atoms with Crippen LogP contribution in [0.1, 0.15) is 17.2 Å². The lowest BCUT2D eigenvalue weighted by Crippen LogP contribution is -2.33. The maximum absolute atomic E-state index is 12.9. The smallest absolute Gasteiger partial charge is 0.270 e. The fourth-order valence-electron chi connectivity index (χ4n) is 3.87. The summed E-state index contributed by atoms with van der Waals surface area (Å²) in [7, 11) is 0. The molecule has 0 bridgehead atoms. The Hall–Kier alpha value is -4.13. The number of nitrogens with zero attached hydrogens (tertiary/aromatic N) is 2. The summed E-state index contributed by atoms with van der Waals surface area (Å²) in [6, 6.07) is 21.4. The van der Waals surface area contributed by atoms with E-state index in [0.717, 1.165) is 33.5 Å². The van der Waals surface area contributed by atoms with Gasteiger partial charge in [-0.1, -0.05) is 36.4 Å². The van der Waals surface area contributed by atoms with Gasteiger partial charge in [0.2, 0.25) is 5.91 Å². The Balaban J connectivity index is 1.43. The first-order valence-corrected chi connectivity index (χ1v) is 9.48. The van der Waals surface area contributed by atoms with Crippen molar-refractivity contribution in [3.05, 3.63) is 100 Å². The second-order valence-electron chi connectivity index (χ2n) is 7.12. The lowest BCUT2D eigenvalue weighted by Gasteiger charge is -2.28. The quantitative estimate of drug-likeness (QED) is 0.403. The summed E-state index contributed by atoms with van der Waals surface area (Å²) in [6.07, 6.45) is 1.76. The highest BCUT2D eigenvalue weighted by atomic mass is 16.6. The van der Waals surface area contributed by atoms with E-state index in [4.69, 9.17) is 4.74 Å². The Morgan fingerprint density at radius 3 is 2.33 bits per heavy atom. The number of benzene rings is 3. The van der Waals surface area contributed by atoms with Crippen molar-refractivity contribution in [2.24, 2.45) is 0 Å². The molecule has 7 heteroatoms. The highest BCUT2D eigenvalue weighted by Gasteiger charge is 2.28. The molecule has 5 rings (SSSR count). The van der Waals surface area contributed by atoms with Crippen molar-refractivity contribution in [3.63, 3.8) is 0 Å². The molecule has 4 aromatic rings. The van der Waals surface area contributed by atoms with Crippen LogP contribution >= 0.6 is 0 Å². The van der Waals surface area contributed by atoms with Gasteiger partial charge in [0.05, 0.1) is 11.0 Å². The highest BCUT2D eigenvalue weighted by molar-refractivity contribution is 5.85. The van der Waals surface area contributed by atoms with E-state index in [2.05, 4.69) is 5.32 Å². The summed E-state index contributed by atoms with van der Waals surface area (Å²) in [5, 5.41) is 14.8. The molecule has 0 spiro atoms. The molecule has 1 aliphatic heterocycles. The fraction of sp³-hybridized carbons (Fsp3) is 0.0870. The maximum Gasteiger partial charge on any atom is 0.270 e. The van der Waals surface area contributed by atoms with E-state index in [-0.39, 0.29) is 24.2 Å². The van der Waals surface area contributed by atoms with Crippen molar-refractivity contribution in [3.8, 4) is 11.5 Å². The molecule has 0 radical (unpaired) electrons. The number of hydrogen-bond donors (Lipinski definition) is 1. The molecular weight excluding hydrogens is 382 g/mol. The minimum Gasteiger partial charge on any atom is -0.457 e. The predicted molar refractivity (Wildman–Crippen MR) is 112 cm³/mol. The molecule has 0 fully saturated rings. The zero-order chi connectivity index (χ0) is 20.7. The molecule has 2 heterocycles. The van der Waals surface area contributed by atoms with Crippen molar-refractivity contribution in [1.29, 1.82) is 0 Å². The van der Waals surface area contributed by atoms with Crippen LogP contribution in [-0.4, -0.2) is 15.4 Å². The van der Waals surface area contributed by atoms with E-state index in [9.17, 15) is 14.9 Å². The van der Waals surface area contributed by atoms with Crippen LogP contribution in [0, 0.1) is 10.1 Å². The number of non-ortho nitro benzene ring substituents is 1. The van der Waals surface area contributed by atoms with Gasteiger partial charge in [-0.05, 0) is 24.3 Å². The van der Waals surface area contributed by atoms with Crippen LogP contribution in [-0.2, 0) is 11.3 Å². The van der Waals surface area contributed by atoms with E-state index >= 15 is 0 Å². The number of rotatable bonds is 4. The first kappa shape index (κ1) is 17.9. The van der Waals surface area contributed by atoms with Crippen molar-refractivity contribution in [1.82, 2.24) is 9.88 Å². The number of nitro groups is 1. The third-order valence-corrected chi connectivity index (χ3v) is 5.26.